The van der Waals surface area contributed by atoms with E-state index in [2.05, 4.69) is 31.6 Å². The summed E-state index contributed by atoms with van der Waals surface area (Å²) in [4.78, 5) is 28.4. The van der Waals surface area contributed by atoms with Gasteiger partial charge in [0.2, 0.25) is 0 Å². The lowest BCUT2D eigenvalue weighted by atomic mass is 10.0. The molecule has 22 heavy (non-hydrogen) atoms. The third-order valence-corrected chi connectivity index (χ3v) is 4.02. The Hall–Kier alpha value is -1.89. The molecule has 2 atom stereocenters. The zero-order valence-corrected chi connectivity index (χ0v) is 13.4. The molecule has 0 bridgehead atoms. The number of hydrogen-bond donors (Lipinski definition) is 1. The average molecular weight is 308 g/mol. The number of hydrogen-bond acceptors (Lipinski definition) is 5. The lowest BCUT2D eigenvalue weighted by molar-refractivity contribution is -0.123. The van der Waals surface area contributed by atoms with Gasteiger partial charge in [0, 0.05) is 19.3 Å². The highest BCUT2D eigenvalue weighted by molar-refractivity contribution is 5.75. The highest BCUT2D eigenvalue weighted by atomic mass is 16.6. The molecule has 1 unspecified atom stereocenters. The van der Waals surface area contributed by atoms with Crippen molar-refractivity contribution in [1.82, 2.24) is 19.8 Å². The van der Waals surface area contributed by atoms with E-state index in [1.165, 1.54) is 6.42 Å². The molecule has 2 rings (SSSR count). The van der Waals surface area contributed by atoms with Gasteiger partial charge in [0.1, 0.15) is 0 Å². The number of imidazole rings is 1. The lowest BCUT2D eigenvalue weighted by Gasteiger charge is -2.19. The van der Waals surface area contributed by atoms with Gasteiger partial charge in [-0.25, -0.2) is 9.78 Å². The smallest absolute Gasteiger partial charge is 0.379 e. The topological polar surface area (TPSA) is 76.5 Å². The molecule has 1 aliphatic rings. The van der Waals surface area contributed by atoms with Crippen molar-refractivity contribution >= 4 is 12.6 Å². The van der Waals surface area contributed by atoms with Gasteiger partial charge in [0.15, 0.2) is 0 Å². The maximum absolute atomic E-state index is 11.4. The molecule has 0 aliphatic carbocycles. The first kappa shape index (κ1) is 16.5. The highest BCUT2D eigenvalue weighted by Gasteiger charge is 2.23. The van der Waals surface area contributed by atoms with Crippen LogP contribution >= 0.6 is 0 Å². The standard InChI is InChI=1S/C15H24N4O3/c1-11(2)14(17-15(21)22-10-20)13-8-19(9-16-13)7-12-4-5-18(3)6-12/h8-12,14H,4-7H2,1-3H3,(H,17,21)/t12-,14?/m1/s1. The van der Waals surface area contributed by atoms with E-state index < -0.39 is 6.09 Å². The van der Waals surface area contributed by atoms with Crippen LogP contribution in [0.2, 0.25) is 0 Å². The van der Waals surface area contributed by atoms with E-state index in [0.717, 1.165) is 25.3 Å². The number of carbonyl (C=O) groups is 2. The lowest BCUT2D eigenvalue weighted by Crippen LogP contribution is -2.32. The van der Waals surface area contributed by atoms with Gasteiger partial charge in [-0.2, -0.15) is 0 Å². The summed E-state index contributed by atoms with van der Waals surface area (Å²) in [5.74, 6) is 0.776. The van der Waals surface area contributed by atoms with Crippen LogP contribution in [0.15, 0.2) is 12.5 Å². The van der Waals surface area contributed by atoms with Crippen LogP contribution in [0.4, 0.5) is 4.79 Å². The van der Waals surface area contributed by atoms with E-state index >= 15 is 0 Å². The number of nitrogens with one attached hydrogen (secondary N) is 1. The predicted octanol–water partition coefficient (Wildman–Crippen LogP) is 1.41. The van der Waals surface area contributed by atoms with Crippen molar-refractivity contribution in [3.63, 3.8) is 0 Å². The first-order chi connectivity index (χ1) is 10.5. The summed E-state index contributed by atoms with van der Waals surface area (Å²) in [7, 11) is 2.14. The maximum Gasteiger partial charge on any atom is 0.415 e. The summed E-state index contributed by atoms with van der Waals surface area (Å²) in [6, 6.07) is -0.278. The average Bonchev–Trinajstić information content (AvgIpc) is 3.06. The van der Waals surface area contributed by atoms with E-state index in [1.807, 2.05) is 20.0 Å². The van der Waals surface area contributed by atoms with Crippen LogP contribution < -0.4 is 5.32 Å². The van der Waals surface area contributed by atoms with Gasteiger partial charge in [-0.15, -0.1) is 0 Å². The minimum Gasteiger partial charge on any atom is -0.379 e. The number of ether oxygens (including phenoxy) is 1. The van der Waals surface area contributed by atoms with Crippen LogP contribution in [0.5, 0.6) is 0 Å². The van der Waals surface area contributed by atoms with Crippen molar-refractivity contribution in [1.29, 1.82) is 0 Å². The Bertz CT molecular complexity index is 515. The Morgan fingerprint density at radius 3 is 2.95 bits per heavy atom. The van der Waals surface area contributed by atoms with E-state index in [-0.39, 0.29) is 18.4 Å². The van der Waals surface area contributed by atoms with Gasteiger partial charge < -0.3 is 19.5 Å². The Labute approximate surface area is 130 Å². The fourth-order valence-electron chi connectivity index (χ4n) is 2.90. The molecule has 1 aliphatic heterocycles. The highest BCUT2D eigenvalue weighted by Crippen LogP contribution is 2.22. The number of amides is 1. The molecule has 0 saturated carbocycles. The molecule has 0 aromatic carbocycles. The zero-order chi connectivity index (χ0) is 16.1. The van der Waals surface area contributed by atoms with Gasteiger partial charge in [-0.05, 0) is 31.8 Å². The first-order valence-corrected chi connectivity index (χ1v) is 7.60. The molecule has 1 fully saturated rings. The minimum absolute atomic E-state index is 0.127. The molecule has 122 valence electrons. The number of likely N-dealkylation sites (tertiary alicyclic amines) is 1. The third-order valence-electron chi connectivity index (χ3n) is 4.02. The quantitative estimate of drug-likeness (QED) is 0.635. The van der Waals surface area contributed by atoms with Crippen LogP contribution in [0.3, 0.4) is 0 Å². The van der Waals surface area contributed by atoms with Crippen LogP contribution in [0, 0.1) is 11.8 Å². The van der Waals surface area contributed by atoms with E-state index in [0.29, 0.717) is 5.92 Å². The second kappa shape index (κ2) is 7.40. The number of alkyl carbamates (subject to hydrolysis) is 1. The summed E-state index contributed by atoms with van der Waals surface area (Å²) in [6.07, 6.45) is 4.21. The van der Waals surface area contributed by atoms with Gasteiger partial charge in [-0.1, -0.05) is 13.8 Å². The van der Waals surface area contributed by atoms with Crippen LogP contribution in [0.1, 0.15) is 32.0 Å². The van der Waals surface area contributed by atoms with Gasteiger partial charge in [0.25, 0.3) is 0 Å². The number of rotatable bonds is 6. The molecule has 0 radical (unpaired) electrons. The summed E-state index contributed by atoms with van der Waals surface area (Å²) in [5.41, 5.74) is 0.782. The Morgan fingerprint density at radius 1 is 1.59 bits per heavy atom. The summed E-state index contributed by atoms with van der Waals surface area (Å²) < 4.78 is 6.37. The van der Waals surface area contributed by atoms with Gasteiger partial charge in [-0.3, -0.25) is 4.79 Å². The summed E-state index contributed by atoms with van der Waals surface area (Å²) >= 11 is 0. The summed E-state index contributed by atoms with van der Waals surface area (Å²) in [6.45, 7) is 7.27. The summed E-state index contributed by atoms with van der Waals surface area (Å²) in [5, 5.41) is 2.67. The largest absolute Gasteiger partial charge is 0.415 e. The van der Waals surface area contributed by atoms with Crippen molar-refractivity contribution in [2.24, 2.45) is 11.8 Å². The molecule has 7 heteroatoms. The Balaban J connectivity index is 2.00. The second-order valence-electron chi connectivity index (χ2n) is 6.28. The molecule has 7 nitrogen and oxygen atoms in total. The fraction of sp³-hybridized carbons (Fsp3) is 0.667. The van der Waals surface area contributed by atoms with Gasteiger partial charge >= 0.3 is 12.6 Å². The van der Waals surface area contributed by atoms with Gasteiger partial charge in [0.05, 0.1) is 18.1 Å². The van der Waals surface area contributed by atoms with E-state index in [1.54, 1.807) is 6.33 Å². The fourth-order valence-corrected chi connectivity index (χ4v) is 2.90. The van der Waals surface area contributed by atoms with Crippen molar-refractivity contribution in [2.45, 2.75) is 32.9 Å². The number of aromatic nitrogens is 2. The number of carbonyl (C=O) groups excluding carboxylic acids is 2. The number of nitrogens with zero attached hydrogens (tertiary/aromatic N) is 3. The molecular weight excluding hydrogens is 284 g/mol. The van der Waals surface area contributed by atoms with E-state index in [4.69, 9.17) is 0 Å². The molecule has 0 spiro atoms. The molecule has 1 N–H and O–H groups in total. The first-order valence-electron chi connectivity index (χ1n) is 7.60. The van der Waals surface area contributed by atoms with Crippen LogP contribution in [-0.2, 0) is 16.1 Å². The zero-order valence-electron chi connectivity index (χ0n) is 13.4. The third kappa shape index (κ3) is 4.30. The van der Waals surface area contributed by atoms with Crippen molar-refractivity contribution in [3.8, 4) is 0 Å². The minimum atomic E-state index is -0.749. The predicted molar refractivity (Wildman–Crippen MR) is 81.1 cm³/mol. The van der Waals surface area contributed by atoms with Crippen molar-refractivity contribution < 1.29 is 14.3 Å². The van der Waals surface area contributed by atoms with Crippen LogP contribution in [-0.4, -0.2) is 47.2 Å². The second-order valence-corrected chi connectivity index (χ2v) is 6.28. The van der Waals surface area contributed by atoms with E-state index in [9.17, 15) is 9.59 Å². The normalized spacial score (nSPS) is 20.1. The maximum atomic E-state index is 11.4. The Morgan fingerprint density at radius 2 is 2.36 bits per heavy atom. The van der Waals surface area contributed by atoms with Crippen molar-refractivity contribution in [2.75, 3.05) is 20.1 Å². The molecule has 1 saturated heterocycles. The molecule has 1 aromatic rings. The Kier molecular flexibility index (Phi) is 5.54. The molecule has 1 amide bonds. The molecular formula is C15H24N4O3. The van der Waals surface area contributed by atoms with Crippen molar-refractivity contribution in [3.05, 3.63) is 18.2 Å². The molecule has 1 aromatic heterocycles. The molecule has 2 heterocycles. The van der Waals surface area contributed by atoms with Crippen LogP contribution in [0.25, 0.3) is 0 Å². The SMILES string of the molecule is CC(C)C(NC(=O)OC=O)c1cn(C[C@@H]2CCN(C)C2)cn1. The monoisotopic (exact) mass is 308 g/mol.